The largest absolute Gasteiger partial charge is 0.363 e. The number of hydrogen-bond acceptors (Lipinski definition) is 4. The van der Waals surface area contributed by atoms with E-state index in [4.69, 9.17) is 0 Å². The Labute approximate surface area is 161 Å². The van der Waals surface area contributed by atoms with Gasteiger partial charge in [0.25, 0.3) is 5.91 Å². The van der Waals surface area contributed by atoms with E-state index >= 15 is 0 Å². The molecule has 0 aliphatic carbocycles. The van der Waals surface area contributed by atoms with Crippen molar-refractivity contribution in [2.45, 2.75) is 6.92 Å². The molecule has 0 radical (unpaired) electrons. The number of nitrogens with zero attached hydrogens (tertiary/aromatic N) is 3. The molecule has 5 nitrogen and oxygen atoms in total. The maximum Gasteiger partial charge on any atom is 0.257 e. The first-order chi connectivity index (χ1) is 12.4. The summed E-state index contributed by atoms with van der Waals surface area (Å²) in [4.78, 5) is 23.3. The maximum absolute atomic E-state index is 12.6. The van der Waals surface area contributed by atoms with Gasteiger partial charge in [-0.15, -0.1) is 0 Å². The Balaban J connectivity index is 1.79. The van der Waals surface area contributed by atoms with Gasteiger partial charge in [-0.3, -0.25) is 9.78 Å². The van der Waals surface area contributed by atoms with Crippen LogP contribution in [0.3, 0.4) is 0 Å². The van der Waals surface area contributed by atoms with Crippen LogP contribution in [0.5, 0.6) is 0 Å². The third-order valence-corrected chi connectivity index (χ3v) is 4.41. The summed E-state index contributed by atoms with van der Waals surface area (Å²) in [7, 11) is 3.84. The average Bonchev–Trinajstić information content (AvgIpc) is 2.62. The van der Waals surface area contributed by atoms with Crippen molar-refractivity contribution >= 4 is 33.3 Å². The highest BCUT2D eigenvalue weighted by Crippen LogP contribution is 2.23. The number of benzene rings is 1. The summed E-state index contributed by atoms with van der Waals surface area (Å²) in [6.45, 7) is 1.84. The first-order valence-corrected chi connectivity index (χ1v) is 8.91. The molecule has 0 atom stereocenters. The third-order valence-electron chi connectivity index (χ3n) is 3.91. The van der Waals surface area contributed by atoms with Gasteiger partial charge in [0, 0.05) is 24.1 Å². The lowest BCUT2D eigenvalue weighted by molar-refractivity contribution is 0.102. The summed E-state index contributed by atoms with van der Waals surface area (Å²) in [5.41, 5.74) is 3.70. The number of pyridine rings is 2. The number of rotatable bonds is 4. The van der Waals surface area contributed by atoms with Crippen LogP contribution in [0.4, 0.5) is 11.5 Å². The fraction of sp³-hybridized carbons (Fsp3) is 0.150. The summed E-state index contributed by atoms with van der Waals surface area (Å²) in [6.07, 6.45) is 1.64. The van der Waals surface area contributed by atoms with Crippen LogP contribution in [0, 0.1) is 6.92 Å². The van der Waals surface area contributed by atoms with Crippen molar-refractivity contribution in [3.63, 3.8) is 0 Å². The maximum atomic E-state index is 12.6. The van der Waals surface area contributed by atoms with Crippen molar-refractivity contribution in [2.24, 2.45) is 0 Å². The number of hydrogen-bond donors (Lipinski definition) is 1. The van der Waals surface area contributed by atoms with Crippen LogP contribution in [0.2, 0.25) is 0 Å². The molecule has 6 heteroatoms. The number of nitrogens with one attached hydrogen (secondary N) is 1. The van der Waals surface area contributed by atoms with E-state index in [0.717, 1.165) is 21.5 Å². The van der Waals surface area contributed by atoms with Gasteiger partial charge in [-0.25, -0.2) is 4.98 Å². The predicted octanol–water partition coefficient (Wildman–Crippen LogP) is 4.53. The zero-order valence-electron chi connectivity index (χ0n) is 14.8. The molecule has 1 amide bonds. The minimum absolute atomic E-state index is 0.199. The van der Waals surface area contributed by atoms with E-state index in [1.165, 1.54) is 0 Å². The van der Waals surface area contributed by atoms with Crippen LogP contribution in [0.15, 0.2) is 59.2 Å². The van der Waals surface area contributed by atoms with Crippen LogP contribution in [-0.2, 0) is 0 Å². The standard InChI is InChI=1S/C20H19BrN4O/c1-13-17(8-9-18(23-13)14-5-4-6-15(21)11-14)20(26)24-16-7-10-19(22-12-16)25(2)3/h4-12H,1-3H3,(H,24,26). The number of halogens is 1. The zero-order valence-corrected chi connectivity index (χ0v) is 16.4. The highest BCUT2D eigenvalue weighted by molar-refractivity contribution is 9.10. The topological polar surface area (TPSA) is 58.1 Å². The summed E-state index contributed by atoms with van der Waals surface area (Å²) >= 11 is 3.47. The Bertz CT molecular complexity index is 939. The van der Waals surface area contributed by atoms with Crippen molar-refractivity contribution < 1.29 is 4.79 Å². The molecule has 2 heterocycles. The Morgan fingerprint density at radius 2 is 1.92 bits per heavy atom. The van der Waals surface area contributed by atoms with Gasteiger partial charge in [0.15, 0.2) is 0 Å². The van der Waals surface area contributed by atoms with Crippen molar-refractivity contribution in [2.75, 3.05) is 24.3 Å². The molecule has 2 aromatic heterocycles. The molecular formula is C20H19BrN4O. The smallest absolute Gasteiger partial charge is 0.257 e. The first kappa shape index (κ1) is 18.1. The molecule has 1 aromatic carbocycles. The molecule has 26 heavy (non-hydrogen) atoms. The van der Waals surface area contributed by atoms with Gasteiger partial charge in [-0.05, 0) is 43.3 Å². The van der Waals surface area contributed by atoms with E-state index in [-0.39, 0.29) is 5.91 Å². The summed E-state index contributed by atoms with van der Waals surface area (Å²) < 4.78 is 0.991. The normalized spacial score (nSPS) is 10.5. The predicted molar refractivity (Wildman–Crippen MR) is 109 cm³/mol. The molecule has 0 saturated carbocycles. The van der Waals surface area contributed by atoms with Crippen LogP contribution in [0.25, 0.3) is 11.3 Å². The molecule has 3 rings (SSSR count). The average molecular weight is 411 g/mol. The number of amides is 1. The lowest BCUT2D eigenvalue weighted by atomic mass is 10.1. The zero-order chi connectivity index (χ0) is 18.7. The number of anilines is 2. The summed E-state index contributed by atoms with van der Waals surface area (Å²) in [5.74, 6) is 0.634. The summed E-state index contributed by atoms with van der Waals surface area (Å²) in [6, 6.07) is 15.3. The van der Waals surface area contributed by atoms with E-state index in [1.54, 1.807) is 12.3 Å². The van der Waals surface area contributed by atoms with Crippen LogP contribution >= 0.6 is 15.9 Å². The van der Waals surface area contributed by atoms with E-state index < -0.39 is 0 Å². The SMILES string of the molecule is Cc1nc(-c2cccc(Br)c2)ccc1C(=O)Nc1ccc(N(C)C)nc1. The second kappa shape index (κ2) is 7.66. The Morgan fingerprint density at radius 1 is 1.12 bits per heavy atom. The van der Waals surface area contributed by atoms with Crippen molar-refractivity contribution in [3.8, 4) is 11.3 Å². The van der Waals surface area contributed by atoms with Crippen molar-refractivity contribution in [1.82, 2.24) is 9.97 Å². The second-order valence-electron chi connectivity index (χ2n) is 6.09. The fourth-order valence-corrected chi connectivity index (χ4v) is 2.93. The monoisotopic (exact) mass is 410 g/mol. The van der Waals surface area contributed by atoms with Crippen molar-refractivity contribution in [3.05, 3.63) is 70.5 Å². The molecule has 1 N–H and O–H groups in total. The highest BCUT2D eigenvalue weighted by atomic mass is 79.9. The minimum Gasteiger partial charge on any atom is -0.363 e. The van der Waals surface area contributed by atoms with Gasteiger partial charge >= 0.3 is 0 Å². The minimum atomic E-state index is -0.199. The molecule has 132 valence electrons. The molecule has 0 spiro atoms. The Hall–Kier alpha value is -2.73. The second-order valence-corrected chi connectivity index (χ2v) is 7.01. The molecular weight excluding hydrogens is 392 g/mol. The van der Waals surface area contributed by atoms with Crippen molar-refractivity contribution in [1.29, 1.82) is 0 Å². The summed E-state index contributed by atoms with van der Waals surface area (Å²) in [5, 5.41) is 2.87. The van der Waals surface area contributed by atoms with Gasteiger partial charge in [-0.2, -0.15) is 0 Å². The highest BCUT2D eigenvalue weighted by Gasteiger charge is 2.12. The van der Waals surface area contributed by atoms with E-state index in [0.29, 0.717) is 16.9 Å². The van der Waals surface area contributed by atoms with E-state index in [9.17, 15) is 4.79 Å². The van der Waals surface area contributed by atoms with Crippen LogP contribution in [-0.4, -0.2) is 30.0 Å². The van der Waals surface area contributed by atoms with E-state index in [1.807, 2.05) is 68.4 Å². The van der Waals surface area contributed by atoms with Crippen LogP contribution in [0.1, 0.15) is 16.1 Å². The molecule has 0 unspecified atom stereocenters. The molecule has 0 bridgehead atoms. The van der Waals surface area contributed by atoms with Gasteiger partial charge in [0.2, 0.25) is 0 Å². The molecule has 0 aliphatic heterocycles. The Morgan fingerprint density at radius 3 is 2.54 bits per heavy atom. The van der Waals surface area contributed by atoms with Gasteiger partial charge < -0.3 is 10.2 Å². The van der Waals surface area contributed by atoms with Gasteiger partial charge in [-0.1, -0.05) is 28.1 Å². The molecule has 3 aromatic rings. The molecule has 0 fully saturated rings. The van der Waals surface area contributed by atoms with Crippen LogP contribution < -0.4 is 10.2 Å². The number of aromatic nitrogens is 2. The van der Waals surface area contributed by atoms with E-state index in [2.05, 4.69) is 31.2 Å². The number of aryl methyl sites for hydroxylation is 1. The fourth-order valence-electron chi connectivity index (χ4n) is 2.53. The lowest BCUT2D eigenvalue weighted by Crippen LogP contribution is -2.15. The number of carbonyl (C=O) groups is 1. The lowest BCUT2D eigenvalue weighted by Gasteiger charge is -2.12. The first-order valence-electron chi connectivity index (χ1n) is 8.12. The molecule has 0 aliphatic rings. The molecule has 0 saturated heterocycles. The van der Waals surface area contributed by atoms with Gasteiger partial charge in [0.05, 0.1) is 28.8 Å². The third kappa shape index (κ3) is 4.08. The Kier molecular flexibility index (Phi) is 5.32. The quantitative estimate of drug-likeness (QED) is 0.685. The van der Waals surface area contributed by atoms with Gasteiger partial charge in [0.1, 0.15) is 5.82 Å². The number of carbonyl (C=O) groups excluding carboxylic acids is 1.